The molecule has 86 valence electrons. The quantitative estimate of drug-likeness (QED) is 0.890. The number of aromatic nitrogens is 2. The zero-order chi connectivity index (χ0) is 11.8. The summed E-state index contributed by atoms with van der Waals surface area (Å²) in [6.07, 6.45) is -5.62. The van der Waals surface area contributed by atoms with Crippen molar-refractivity contribution in [2.75, 3.05) is 0 Å². The lowest BCUT2D eigenvalue weighted by Gasteiger charge is -1.99. The fourth-order valence-corrected chi connectivity index (χ4v) is 1.77. The van der Waals surface area contributed by atoms with E-state index in [0.29, 0.717) is 0 Å². The van der Waals surface area contributed by atoms with Crippen LogP contribution in [-0.2, 0) is 6.42 Å². The lowest BCUT2D eigenvalue weighted by molar-refractivity contribution is -0.128. The molecular weight excluding hydrogens is 245 g/mol. The maximum absolute atomic E-state index is 12.0. The Morgan fingerprint density at radius 1 is 1.44 bits per heavy atom. The number of hydrogen-bond donors (Lipinski definition) is 1. The molecule has 0 aliphatic heterocycles. The van der Waals surface area contributed by atoms with Crippen molar-refractivity contribution in [3.8, 4) is 16.5 Å². The highest BCUT2D eigenvalue weighted by Crippen LogP contribution is 2.33. The van der Waals surface area contributed by atoms with Crippen LogP contribution in [-0.4, -0.2) is 21.4 Å². The van der Waals surface area contributed by atoms with Gasteiger partial charge in [-0.3, -0.25) is 0 Å². The zero-order valence-corrected chi connectivity index (χ0v) is 8.47. The highest BCUT2D eigenvalue weighted by Gasteiger charge is 2.31. The summed E-state index contributed by atoms with van der Waals surface area (Å²) >= 11 is 1.11. The number of nitrogens with zero attached hydrogens (tertiary/aromatic N) is 2. The van der Waals surface area contributed by atoms with E-state index < -0.39 is 18.4 Å². The molecule has 0 bridgehead atoms. The molecule has 16 heavy (non-hydrogen) atoms. The second-order valence-corrected chi connectivity index (χ2v) is 3.86. The van der Waals surface area contributed by atoms with Gasteiger partial charge in [0.1, 0.15) is 17.0 Å². The lowest BCUT2D eigenvalue weighted by atomic mass is 10.4. The minimum Gasteiger partial charge on any atom is -0.506 e. The molecule has 8 heteroatoms. The Labute approximate surface area is 91.3 Å². The van der Waals surface area contributed by atoms with Crippen LogP contribution in [0.2, 0.25) is 0 Å². The van der Waals surface area contributed by atoms with Gasteiger partial charge in [-0.15, -0.1) is 11.3 Å². The van der Waals surface area contributed by atoms with Crippen molar-refractivity contribution >= 4 is 11.3 Å². The average Bonchev–Trinajstić information content (AvgIpc) is 2.71. The topological polar surface area (TPSA) is 59.2 Å². The van der Waals surface area contributed by atoms with E-state index in [1.807, 2.05) is 0 Å². The first kappa shape index (κ1) is 10.9. The molecule has 2 heterocycles. The first-order chi connectivity index (χ1) is 7.46. The predicted octanol–water partition coefficient (Wildman–Crippen LogP) is 2.61. The van der Waals surface area contributed by atoms with Gasteiger partial charge in [0.15, 0.2) is 5.82 Å². The number of alkyl halides is 3. The summed E-state index contributed by atoms with van der Waals surface area (Å²) in [7, 11) is 0. The third-order valence-corrected chi connectivity index (χ3v) is 2.56. The van der Waals surface area contributed by atoms with Crippen molar-refractivity contribution in [3.63, 3.8) is 0 Å². The molecule has 2 rings (SSSR count). The predicted molar refractivity (Wildman–Crippen MR) is 49.0 cm³/mol. The van der Waals surface area contributed by atoms with Crippen molar-refractivity contribution in [1.82, 2.24) is 10.1 Å². The van der Waals surface area contributed by atoms with Crippen LogP contribution in [0.15, 0.2) is 16.0 Å². The van der Waals surface area contributed by atoms with Gasteiger partial charge >= 0.3 is 6.18 Å². The van der Waals surface area contributed by atoms with E-state index in [-0.39, 0.29) is 16.5 Å². The normalized spacial score (nSPS) is 11.9. The largest absolute Gasteiger partial charge is 0.506 e. The van der Waals surface area contributed by atoms with Crippen molar-refractivity contribution in [2.24, 2.45) is 0 Å². The molecule has 0 saturated heterocycles. The Morgan fingerprint density at radius 2 is 2.19 bits per heavy atom. The van der Waals surface area contributed by atoms with Crippen LogP contribution < -0.4 is 0 Å². The Hall–Kier alpha value is -1.57. The molecule has 0 fully saturated rings. The molecule has 0 atom stereocenters. The van der Waals surface area contributed by atoms with E-state index in [0.717, 1.165) is 11.3 Å². The van der Waals surface area contributed by atoms with E-state index >= 15 is 0 Å². The van der Waals surface area contributed by atoms with E-state index in [1.54, 1.807) is 5.38 Å². The number of thiophene rings is 1. The second kappa shape index (κ2) is 3.78. The standard InChI is InChI=1S/C8H5F3N2O2S/c9-8(10,11)3-5-12-7(15-13-5)6-4(14)1-2-16-6/h1-2,14H,3H2. The second-order valence-electron chi connectivity index (χ2n) is 2.94. The van der Waals surface area contributed by atoms with Crippen LogP contribution in [0, 0.1) is 0 Å². The zero-order valence-electron chi connectivity index (χ0n) is 7.65. The van der Waals surface area contributed by atoms with E-state index in [9.17, 15) is 18.3 Å². The molecule has 0 aliphatic rings. The molecule has 2 aromatic rings. The average molecular weight is 250 g/mol. The highest BCUT2D eigenvalue weighted by atomic mass is 32.1. The van der Waals surface area contributed by atoms with E-state index in [4.69, 9.17) is 0 Å². The monoisotopic (exact) mass is 250 g/mol. The van der Waals surface area contributed by atoms with Crippen LogP contribution in [0.3, 0.4) is 0 Å². The summed E-state index contributed by atoms with van der Waals surface area (Å²) in [5.74, 6) is -0.644. The summed E-state index contributed by atoms with van der Waals surface area (Å²) in [6.45, 7) is 0. The van der Waals surface area contributed by atoms with Crippen LogP contribution >= 0.6 is 11.3 Å². The third-order valence-electron chi connectivity index (χ3n) is 1.67. The molecule has 0 aromatic carbocycles. The van der Waals surface area contributed by atoms with Crippen molar-refractivity contribution < 1.29 is 22.8 Å². The number of hydrogen-bond acceptors (Lipinski definition) is 5. The van der Waals surface area contributed by atoms with Gasteiger partial charge in [0, 0.05) is 0 Å². The van der Waals surface area contributed by atoms with Crippen molar-refractivity contribution in [3.05, 3.63) is 17.3 Å². The first-order valence-corrected chi connectivity index (χ1v) is 5.00. The Kier molecular flexibility index (Phi) is 2.58. The van der Waals surface area contributed by atoms with Crippen molar-refractivity contribution in [1.29, 1.82) is 0 Å². The molecular formula is C8H5F3N2O2S. The fraction of sp³-hybridized carbons (Fsp3) is 0.250. The van der Waals surface area contributed by atoms with Crippen LogP contribution in [0.4, 0.5) is 13.2 Å². The molecule has 0 aliphatic carbocycles. The molecule has 0 saturated carbocycles. The highest BCUT2D eigenvalue weighted by molar-refractivity contribution is 7.13. The fourth-order valence-electron chi connectivity index (χ4n) is 1.06. The summed E-state index contributed by atoms with van der Waals surface area (Å²) in [6, 6.07) is 1.40. The molecule has 0 amide bonds. The SMILES string of the molecule is Oc1ccsc1-c1nc(CC(F)(F)F)no1. The number of halogens is 3. The minimum atomic E-state index is -4.38. The molecule has 1 N–H and O–H groups in total. The Morgan fingerprint density at radius 3 is 2.75 bits per heavy atom. The Bertz CT molecular complexity index is 491. The van der Waals surface area contributed by atoms with Crippen molar-refractivity contribution in [2.45, 2.75) is 12.6 Å². The van der Waals surface area contributed by atoms with E-state index in [2.05, 4.69) is 14.7 Å². The maximum Gasteiger partial charge on any atom is 0.396 e. The van der Waals surface area contributed by atoms with Gasteiger partial charge in [-0.05, 0) is 11.4 Å². The van der Waals surface area contributed by atoms with E-state index in [1.165, 1.54) is 6.07 Å². The smallest absolute Gasteiger partial charge is 0.396 e. The van der Waals surface area contributed by atoms with Crippen LogP contribution in [0.1, 0.15) is 5.82 Å². The molecule has 4 nitrogen and oxygen atoms in total. The van der Waals surface area contributed by atoms with Gasteiger partial charge in [0.2, 0.25) is 0 Å². The van der Waals surface area contributed by atoms with Gasteiger partial charge < -0.3 is 9.63 Å². The third kappa shape index (κ3) is 2.32. The lowest BCUT2D eigenvalue weighted by Crippen LogP contribution is -2.12. The number of aromatic hydroxyl groups is 1. The van der Waals surface area contributed by atoms with Crippen LogP contribution in [0.5, 0.6) is 5.75 Å². The molecule has 2 aromatic heterocycles. The summed E-state index contributed by atoms with van der Waals surface area (Å²) in [5, 5.41) is 14.1. The minimum absolute atomic E-state index is 0.0905. The summed E-state index contributed by atoms with van der Waals surface area (Å²) < 4.78 is 40.6. The van der Waals surface area contributed by atoms with Gasteiger partial charge in [-0.2, -0.15) is 18.2 Å². The van der Waals surface area contributed by atoms with Crippen LogP contribution in [0.25, 0.3) is 10.8 Å². The van der Waals surface area contributed by atoms with Gasteiger partial charge in [0.25, 0.3) is 5.89 Å². The first-order valence-electron chi connectivity index (χ1n) is 4.12. The maximum atomic E-state index is 12.0. The van der Waals surface area contributed by atoms with Gasteiger partial charge in [-0.1, -0.05) is 5.16 Å². The summed E-state index contributed by atoms with van der Waals surface area (Å²) in [5.41, 5.74) is 0. The molecule has 0 radical (unpaired) electrons. The molecule has 0 spiro atoms. The van der Waals surface area contributed by atoms with Gasteiger partial charge in [0.05, 0.1) is 0 Å². The van der Waals surface area contributed by atoms with Gasteiger partial charge in [-0.25, -0.2) is 0 Å². The Balaban J connectivity index is 2.24. The summed E-state index contributed by atoms with van der Waals surface area (Å²) in [4.78, 5) is 3.82. The molecule has 0 unspecified atom stereocenters. The number of rotatable bonds is 2.